The van der Waals surface area contributed by atoms with Gasteiger partial charge in [0.05, 0.1) is 11.7 Å². The minimum Gasteiger partial charge on any atom is -0.351 e. The number of nitrogens with one attached hydrogen (secondary N) is 1. The maximum Gasteiger partial charge on any atom is 0.290 e. The largest absolute Gasteiger partial charge is 0.351 e. The van der Waals surface area contributed by atoms with Gasteiger partial charge < -0.3 is 9.84 Å². The van der Waals surface area contributed by atoms with Crippen LogP contribution >= 0.6 is 0 Å². The Kier molecular flexibility index (Phi) is 3.06. The molecule has 1 rings (SSSR count). The number of rotatable bonds is 3. The van der Waals surface area contributed by atoms with Gasteiger partial charge in [0.1, 0.15) is 0 Å². The molecule has 0 aliphatic carbocycles. The van der Waals surface area contributed by atoms with Crippen LogP contribution in [0.5, 0.6) is 0 Å². The molecule has 1 aromatic heterocycles. The van der Waals surface area contributed by atoms with Gasteiger partial charge in [-0.2, -0.15) is 0 Å². The smallest absolute Gasteiger partial charge is 0.290 e. The lowest BCUT2D eigenvalue weighted by molar-refractivity contribution is -0.0112. The first kappa shape index (κ1) is 11.6. The van der Waals surface area contributed by atoms with Gasteiger partial charge in [-0.25, -0.2) is 8.78 Å². The van der Waals surface area contributed by atoms with Crippen molar-refractivity contribution >= 4 is 5.91 Å². The molecule has 1 amide bonds. The van der Waals surface area contributed by atoms with Crippen molar-refractivity contribution in [1.29, 1.82) is 0 Å². The lowest BCUT2D eigenvalue weighted by Gasteiger charge is -2.19. The molecule has 1 aromatic rings. The third kappa shape index (κ3) is 3.00. The highest BCUT2D eigenvalue weighted by Crippen LogP contribution is 2.17. The van der Waals surface area contributed by atoms with Crippen LogP contribution in [-0.2, 0) is 0 Å². The number of carbonyl (C=O) groups is 1. The summed E-state index contributed by atoms with van der Waals surface area (Å²) in [5.74, 6) is -3.72. The molecule has 0 aromatic carbocycles. The van der Waals surface area contributed by atoms with Crippen LogP contribution in [0, 0.1) is 6.92 Å². The lowest BCUT2D eigenvalue weighted by atomic mass is 10.2. The molecule has 1 unspecified atom stereocenters. The number of alkyl halides is 2. The van der Waals surface area contributed by atoms with Crippen LogP contribution in [0.3, 0.4) is 0 Å². The molecule has 1 heterocycles. The van der Waals surface area contributed by atoms with Gasteiger partial charge in [0.15, 0.2) is 0 Å². The fourth-order valence-corrected chi connectivity index (χ4v) is 0.865. The van der Waals surface area contributed by atoms with E-state index in [0.717, 1.165) is 6.92 Å². The first-order valence-corrected chi connectivity index (χ1v) is 4.42. The Morgan fingerprint density at radius 3 is 2.67 bits per heavy atom. The summed E-state index contributed by atoms with van der Waals surface area (Å²) in [4.78, 5) is 11.3. The van der Waals surface area contributed by atoms with Crippen LogP contribution in [0.15, 0.2) is 10.6 Å². The molecule has 0 fully saturated rings. The summed E-state index contributed by atoms with van der Waals surface area (Å²) in [6, 6.07) is 0.131. The Labute approximate surface area is 85.6 Å². The maximum absolute atomic E-state index is 12.7. The molecule has 15 heavy (non-hydrogen) atoms. The standard InChI is InChI=1S/C9H12F2N2O2/c1-5-4-7(15-13-5)8(14)12-6(2)9(3,10)11/h4,6H,1-3H3,(H,12,14). The molecule has 0 aliphatic rings. The molecule has 1 N–H and O–H groups in total. The quantitative estimate of drug-likeness (QED) is 0.840. The topological polar surface area (TPSA) is 55.1 Å². The molecule has 0 aliphatic heterocycles. The average molecular weight is 218 g/mol. The molecule has 0 saturated carbocycles. The van der Waals surface area contributed by atoms with Crippen molar-refractivity contribution in [2.75, 3.05) is 0 Å². The van der Waals surface area contributed by atoms with E-state index in [-0.39, 0.29) is 5.76 Å². The summed E-state index contributed by atoms with van der Waals surface area (Å²) in [7, 11) is 0. The van der Waals surface area contributed by atoms with Gasteiger partial charge in [-0.1, -0.05) is 5.16 Å². The van der Waals surface area contributed by atoms with Crippen molar-refractivity contribution in [3.63, 3.8) is 0 Å². The SMILES string of the molecule is Cc1cc(C(=O)NC(C)C(C)(F)F)on1. The van der Waals surface area contributed by atoms with Crippen LogP contribution in [-0.4, -0.2) is 23.0 Å². The zero-order valence-corrected chi connectivity index (χ0v) is 8.67. The number of halogens is 2. The number of aryl methyl sites for hydroxylation is 1. The van der Waals surface area contributed by atoms with E-state index < -0.39 is 17.9 Å². The van der Waals surface area contributed by atoms with Gasteiger partial charge in [0, 0.05) is 13.0 Å². The van der Waals surface area contributed by atoms with Crippen molar-refractivity contribution in [3.05, 3.63) is 17.5 Å². The Hall–Kier alpha value is -1.46. The van der Waals surface area contributed by atoms with Crippen molar-refractivity contribution in [3.8, 4) is 0 Å². The number of nitrogens with zero attached hydrogens (tertiary/aromatic N) is 1. The number of amides is 1. The lowest BCUT2D eigenvalue weighted by Crippen LogP contribution is -2.43. The monoisotopic (exact) mass is 218 g/mol. The van der Waals surface area contributed by atoms with E-state index in [2.05, 4.69) is 15.0 Å². The van der Waals surface area contributed by atoms with Crippen LogP contribution < -0.4 is 5.32 Å². The highest BCUT2D eigenvalue weighted by molar-refractivity contribution is 5.91. The highest BCUT2D eigenvalue weighted by atomic mass is 19.3. The van der Waals surface area contributed by atoms with E-state index in [1.807, 2.05) is 0 Å². The summed E-state index contributed by atoms with van der Waals surface area (Å²) in [5, 5.41) is 5.61. The molecular formula is C9H12F2N2O2. The maximum atomic E-state index is 12.7. The van der Waals surface area contributed by atoms with Gasteiger partial charge in [-0.15, -0.1) is 0 Å². The van der Waals surface area contributed by atoms with Crippen LogP contribution in [0.25, 0.3) is 0 Å². The Balaban J connectivity index is 2.64. The first-order chi connectivity index (χ1) is 6.80. The third-order valence-electron chi connectivity index (χ3n) is 1.96. The van der Waals surface area contributed by atoms with Crippen LogP contribution in [0.4, 0.5) is 8.78 Å². The predicted octanol–water partition coefficient (Wildman–Crippen LogP) is 1.76. The molecule has 6 heteroatoms. The second-order valence-corrected chi connectivity index (χ2v) is 3.48. The summed E-state index contributed by atoms with van der Waals surface area (Å²) >= 11 is 0. The van der Waals surface area contributed by atoms with Crippen molar-refractivity contribution < 1.29 is 18.1 Å². The average Bonchev–Trinajstić information content (AvgIpc) is 2.50. The predicted molar refractivity (Wildman–Crippen MR) is 48.8 cm³/mol. The Morgan fingerprint density at radius 1 is 1.67 bits per heavy atom. The van der Waals surface area contributed by atoms with Gasteiger partial charge in [-0.3, -0.25) is 4.79 Å². The van der Waals surface area contributed by atoms with Crippen LogP contribution in [0.2, 0.25) is 0 Å². The molecule has 0 radical (unpaired) electrons. The molecule has 0 bridgehead atoms. The van der Waals surface area contributed by atoms with E-state index >= 15 is 0 Å². The second kappa shape index (κ2) is 3.96. The summed E-state index contributed by atoms with van der Waals surface area (Å²) in [6.45, 7) is 3.60. The van der Waals surface area contributed by atoms with E-state index in [0.29, 0.717) is 5.69 Å². The summed E-state index contributed by atoms with van der Waals surface area (Å²) in [6.07, 6.45) is 0. The minimum absolute atomic E-state index is 0.0661. The zero-order chi connectivity index (χ0) is 11.6. The van der Waals surface area contributed by atoms with Crippen molar-refractivity contribution in [2.24, 2.45) is 0 Å². The van der Waals surface area contributed by atoms with E-state index in [9.17, 15) is 13.6 Å². The normalized spacial score (nSPS) is 13.7. The number of hydrogen-bond acceptors (Lipinski definition) is 3. The molecule has 4 nitrogen and oxygen atoms in total. The first-order valence-electron chi connectivity index (χ1n) is 4.42. The Morgan fingerprint density at radius 2 is 2.27 bits per heavy atom. The molecule has 84 valence electrons. The van der Waals surface area contributed by atoms with Crippen LogP contribution in [0.1, 0.15) is 30.1 Å². The summed E-state index contributed by atoms with van der Waals surface area (Å²) < 4.78 is 30.1. The fraction of sp³-hybridized carbons (Fsp3) is 0.556. The van der Waals surface area contributed by atoms with Gasteiger partial charge in [0.25, 0.3) is 11.8 Å². The van der Waals surface area contributed by atoms with Crippen molar-refractivity contribution in [1.82, 2.24) is 10.5 Å². The number of hydrogen-bond donors (Lipinski definition) is 1. The van der Waals surface area contributed by atoms with E-state index in [1.54, 1.807) is 6.92 Å². The highest BCUT2D eigenvalue weighted by Gasteiger charge is 2.32. The minimum atomic E-state index is -2.97. The van der Waals surface area contributed by atoms with E-state index in [1.165, 1.54) is 13.0 Å². The van der Waals surface area contributed by atoms with Gasteiger partial charge in [0.2, 0.25) is 5.76 Å². The zero-order valence-electron chi connectivity index (χ0n) is 8.67. The number of carbonyl (C=O) groups excluding carboxylic acids is 1. The third-order valence-corrected chi connectivity index (χ3v) is 1.96. The van der Waals surface area contributed by atoms with E-state index in [4.69, 9.17) is 0 Å². The molecule has 0 spiro atoms. The van der Waals surface area contributed by atoms with Gasteiger partial charge >= 0.3 is 0 Å². The molecule has 0 saturated heterocycles. The van der Waals surface area contributed by atoms with Gasteiger partial charge in [-0.05, 0) is 13.8 Å². The molecule has 1 atom stereocenters. The second-order valence-electron chi connectivity index (χ2n) is 3.48. The fourth-order valence-electron chi connectivity index (χ4n) is 0.865. The van der Waals surface area contributed by atoms with Crippen molar-refractivity contribution in [2.45, 2.75) is 32.7 Å². The summed E-state index contributed by atoms with van der Waals surface area (Å²) in [5.41, 5.74) is 0.524. The Bertz CT molecular complexity index is 357. The number of aromatic nitrogens is 1. The molecular weight excluding hydrogens is 206 g/mol.